The van der Waals surface area contributed by atoms with E-state index in [2.05, 4.69) is 4.74 Å². The van der Waals surface area contributed by atoms with E-state index in [0.29, 0.717) is 6.07 Å². The zero-order chi connectivity index (χ0) is 18.8. The molecule has 2 aromatic rings. The van der Waals surface area contributed by atoms with Crippen molar-refractivity contribution in [2.75, 3.05) is 7.11 Å². The van der Waals surface area contributed by atoms with Crippen LogP contribution in [-0.2, 0) is 0 Å². The van der Waals surface area contributed by atoms with Crippen LogP contribution in [-0.4, -0.2) is 18.7 Å². The third kappa shape index (κ3) is 4.50. The Kier molecular flexibility index (Phi) is 5.36. The predicted molar refractivity (Wildman–Crippen MR) is 76.3 cm³/mol. The lowest BCUT2D eigenvalue weighted by Gasteiger charge is -2.15. The molecule has 0 radical (unpaired) electrons. The Bertz CT molecular complexity index is 807. The fourth-order valence-corrected chi connectivity index (χ4v) is 2.03. The molecule has 0 aliphatic heterocycles. The molecule has 10 heteroatoms. The summed E-state index contributed by atoms with van der Waals surface area (Å²) in [6.07, 6.45) is -4.91. The zero-order valence-corrected chi connectivity index (χ0v) is 13.0. The first kappa shape index (κ1) is 18.8. The maximum absolute atomic E-state index is 13.7. The van der Waals surface area contributed by atoms with Crippen LogP contribution in [0.4, 0.5) is 22.0 Å². The average molecular weight is 383 g/mol. The van der Waals surface area contributed by atoms with Gasteiger partial charge < -0.3 is 14.2 Å². The smallest absolute Gasteiger partial charge is 0.493 e. The van der Waals surface area contributed by atoms with E-state index in [0.717, 1.165) is 31.4 Å². The highest BCUT2D eigenvalue weighted by Crippen LogP contribution is 2.38. The second kappa shape index (κ2) is 7.14. The van der Waals surface area contributed by atoms with Crippen molar-refractivity contribution in [3.05, 3.63) is 47.5 Å². The first-order valence-corrected chi connectivity index (χ1v) is 6.79. The third-order valence-electron chi connectivity index (χ3n) is 2.84. The quantitative estimate of drug-likeness (QED) is 0.536. The van der Waals surface area contributed by atoms with Crippen LogP contribution in [0.5, 0.6) is 23.0 Å². The van der Waals surface area contributed by atoms with Gasteiger partial charge in [-0.2, -0.15) is 0 Å². The molecule has 0 unspecified atom stereocenters. The average Bonchev–Trinajstić information content (AvgIpc) is 2.50. The molecule has 2 rings (SSSR count). The molecule has 0 fully saturated rings. The summed E-state index contributed by atoms with van der Waals surface area (Å²) in [6, 6.07) is 4.44. The van der Waals surface area contributed by atoms with E-state index in [1.54, 1.807) is 0 Å². The lowest BCUT2D eigenvalue weighted by atomic mass is 10.2. The number of ether oxygens (including phenoxy) is 3. The number of benzene rings is 2. The van der Waals surface area contributed by atoms with Crippen LogP contribution in [0.2, 0.25) is 0 Å². The Balaban J connectivity index is 2.41. The van der Waals surface area contributed by atoms with Gasteiger partial charge in [-0.05, 0) is 35.9 Å². The minimum atomic E-state index is -4.91. The van der Waals surface area contributed by atoms with Gasteiger partial charge in [0, 0.05) is 6.07 Å². The van der Waals surface area contributed by atoms with E-state index >= 15 is 0 Å². The molecule has 0 saturated carbocycles. The highest BCUT2D eigenvalue weighted by molar-refractivity contribution is 6.68. The summed E-state index contributed by atoms with van der Waals surface area (Å²) in [5.74, 6) is -4.26. The normalized spacial score (nSPS) is 11.2. The summed E-state index contributed by atoms with van der Waals surface area (Å²) < 4.78 is 77.4. The maximum Gasteiger partial charge on any atom is 0.573 e. The maximum atomic E-state index is 13.7. The van der Waals surface area contributed by atoms with E-state index in [1.165, 1.54) is 0 Å². The van der Waals surface area contributed by atoms with Gasteiger partial charge in [-0.15, -0.1) is 13.2 Å². The van der Waals surface area contributed by atoms with Crippen molar-refractivity contribution in [1.82, 2.24) is 0 Å². The Morgan fingerprint density at radius 1 is 1.04 bits per heavy atom. The molecular formula is C15H8ClF5O4. The van der Waals surface area contributed by atoms with Crippen LogP contribution in [0.1, 0.15) is 10.4 Å². The summed E-state index contributed by atoms with van der Waals surface area (Å²) in [7, 11) is 1.14. The summed E-state index contributed by atoms with van der Waals surface area (Å²) in [5.41, 5.74) is -0.862. The monoisotopic (exact) mass is 382 g/mol. The van der Waals surface area contributed by atoms with E-state index in [1.807, 2.05) is 0 Å². The van der Waals surface area contributed by atoms with Crippen molar-refractivity contribution in [3.8, 4) is 23.0 Å². The molecule has 0 aliphatic carbocycles. The van der Waals surface area contributed by atoms with Gasteiger partial charge in [0.2, 0.25) is 0 Å². The highest BCUT2D eigenvalue weighted by Gasteiger charge is 2.31. The topological polar surface area (TPSA) is 44.8 Å². The minimum Gasteiger partial charge on any atom is -0.493 e. The Morgan fingerprint density at radius 3 is 2.24 bits per heavy atom. The first-order chi connectivity index (χ1) is 11.6. The van der Waals surface area contributed by atoms with Gasteiger partial charge in [-0.1, -0.05) is 0 Å². The van der Waals surface area contributed by atoms with E-state index < -0.39 is 40.3 Å². The first-order valence-electron chi connectivity index (χ1n) is 6.42. The molecule has 2 aromatic carbocycles. The van der Waals surface area contributed by atoms with Gasteiger partial charge in [-0.25, -0.2) is 8.78 Å². The van der Waals surface area contributed by atoms with Crippen molar-refractivity contribution in [3.63, 3.8) is 0 Å². The summed E-state index contributed by atoms with van der Waals surface area (Å²) in [5, 5.41) is -1.32. The fraction of sp³-hybridized carbons (Fsp3) is 0.133. The van der Waals surface area contributed by atoms with Gasteiger partial charge in [0.15, 0.2) is 23.1 Å². The zero-order valence-electron chi connectivity index (χ0n) is 12.3. The molecule has 0 heterocycles. The number of halogens is 6. The second-order valence-corrected chi connectivity index (χ2v) is 4.81. The van der Waals surface area contributed by atoms with E-state index in [-0.39, 0.29) is 11.5 Å². The molecule has 134 valence electrons. The van der Waals surface area contributed by atoms with Gasteiger partial charge in [0.05, 0.1) is 7.11 Å². The van der Waals surface area contributed by atoms with Gasteiger partial charge in [-0.3, -0.25) is 4.79 Å². The van der Waals surface area contributed by atoms with Crippen molar-refractivity contribution < 1.29 is 41.0 Å². The van der Waals surface area contributed by atoms with Crippen LogP contribution >= 0.6 is 11.6 Å². The van der Waals surface area contributed by atoms with E-state index in [9.17, 15) is 26.7 Å². The van der Waals surface area contributed by atoms with Crippen LogP contribution < -0.4 is 14.2 Å². The van der Waals surface area contributed by atoms with Crippen LogP contribution in [0.3, 0.4) is 0 Å². The summed E-state index contributed by atoms with van der Waals surface area (Å²) in [6.45, 7) is 0. The molecule has 4 nitrogen and oxygen atoms in total. The number of methoxy groups -OCH3 is 1. The van der Waals surface area contributed by atoms with Crippen LogP contribution in [0.15, 0.2) is 30.3 Å². The largest absolute Gasteiger partial charge is 0.573 e. The number of rotatable bonds is 5. The molecule has 0 spiro atoms. The molecule has 0 atom stereocenters. The minimum absolute atomic E-state index is 0.179. The molecule has 0 amide bonds. The Hall–Kier alpha value is -2.55. The lowest BCUT2D eigenvalue weighted by Crippen LogP contribution is -2.17. The molecule has 0 bridgehead atoms. The van der Waals surface area contributed by atoms with Crippen molar-refractivity contribution >= 4 is 16.8 Å². The molecule has 0 saturated heterocycles. The van der Waals surface area contributed by atoms with E-state index in [4.69, 9.17) is 21.1 Å². The molecule has 25 heavy (non-hydrogen) atoms. The van der Waals surface area contributed by atoms with Crippen molar-refractivity contribution in [2.45, 2.75) is 6.36 Å². The lowest BCUT2D eigenvalue weighted by molar-refractivity contribution is -0.274. The third-order valence-corrected chi connectivity index (χ3v) is 3.03. The molecule has 0 aliphatic rings. The SMILES string of the molecule is COc1cc(OC(F)(F)F)ccc1Oc1ccc(F)c(F)c1C(=O)Cl. The highest BCUT2D eigenvalue weighted by atomic mass is 35.5. The van der Waals surface area contributed by atoms with Crippen LogP contribution in [0, 0.1) is 11.6 Å². The number of hydrogen-bond acceptors (Lipinski definition) is 4. The molecule has 0 N–H and O–H groups in total. The summed E-state index contributed by atoms with van der Waals surface area (Å²) in [4.78, 5) is 11.3. The number of hydrogen-bond donors (Lipinski definition) is 0. The number of alkyl halides is 3. The molecular weight excluding hydrogens is 375 g/mol. The van der Waals surface area contributed by atoms with Gasteiger partial charge in [0.1, 0.15) is 17.1 Å². The fourth-order valence-electron chi connectivity index (χ4n) is 1.85. The Labute approximate surface area is 142 Å². The van der Waals surface area contributed by atoms with Gasteiger partial charge >= 0.3 is 6.36 Å². The predicted octanol–water partition coefficient (Wildman–Crippen LogP) is 5.04. The second-order valence-electron chi connectivity index (χ2n) is 4.47. The standard InChI is InChI=1S/C15H8ClF5O4/c1-23-11-6-7(25-15(19,20)21)2-4-9(11)24-10-5-3-8(17)13(18)12(10)14(16)22/h2-6H,1H3. The van der Waals surface area contributed by atoms with Crippen molar-refractivity contribution in [1.29, 1.82) is 0 Å². The molecule has 0 aromatic heterocycles. The number of carbonyl (C=O) groups excluding carboxylic acids is 1. The van der Waals surface area contributed by atoms with Crippen molar-refractivity contribution in [2.24, 2.45) is 0 Å². The van der Waals surface area contributed by atoms with Crippen LogP contribution in [0.25, 0.3) is 0 Å². The van der Waals surface area contributed by atoms with Gasteiger partial charge in [0.25, 0.3) is 5.24 Å². The summed E-state index contributed by atoms with van der Waals surface area (Å²) >= 11 is 5.22. The number of carbonyl (C=O) groups is 1. The Morgan fingerprint density at radius 2 is 1.68 bits per heavy atom.